The van der Waals surface area contributed by atoms with E-state index in [1.165, 1.54) is 19.3 Å². The number of methoxy groups -OCH3 is 1. The number of hydrogen-bond acceptors (Lipinski definition) is 3. The monoisotopic (exact) mass is 329 g/mol. The van der Waals surface area contributed by atoms with E-state index >= 15 is 0 Å². The lowest BCUT2D eigenvalue weighted by molar-refractivity contribution is -0.146. The van der Waals surface area contributed by atoms with Gasteiger partial charge in [-0.3, -0.25) is 4.79 Å². The van der Waals surface area contributed by atoms with Crippen LogP contribution in [0.3, 0.4) is 0 Å². The molecule has 4 saturated carbocycles. The van der Waals surface area contributed by atoms with Crippen LogP contribution in [0.4, 0.5) is 0 Å². The van der Waals surface area contributed by atoms with Crippen LogP contribution < -0.4 is 10.1 Å². The molecule has 0 saturated heterocycles. The molecule has 0 aromatic heterocycles. The zero-order valence-corrected chi connectivity index (χ0v) is 14.3. The van der Waals surface area contributed by atoms with Crippen molar-refractivity contribution in [3.63, 3.8) is 0 Å². The van der Waals surface area contributed by atoms with Gasteiger partial charge in [0.25, 0.3) is 0 Å². The lowest BCUT2D eigenvalue weighted by Gasteiger charge is -2.55. The van der Waals surface area contributed by atoms with Gasteiger partial charge in [-0.15, -0.1) is 0 Å². The molecule has 1 unspecified atom stereocenters. The minimum Gasteiger partial charge on any atom is -0.497 e. The molecule has 1 aromatic carbocycles. The van der Waals surface area contributed by atoms with Crippen molar-refractivity contribution in [2.45, 2.75) is 44.6 Å². The van der Waals surface area contributed by atoms with E-state index < -0.39 is 6.10 Å². The Kier molecular flexibility index (Phi) is 4.03. The zero-order valence-electron chi connectivity index (χ0n) is 14.3. The van der Waals surface area contributed by atoms with Gasteiger partial charge < -0.3 is 15.2 Å². The van der Waals surface area contributed by atoms with Crippen LogP contribution in [-0.2, 0) is 4.79 Å². The molecule has 4 nitrogen and oxygen atoms in total. The Morgan fingerprint density at radius 3 is 2.46 bits per heavy atom. The Hall–Kier alpha value is -1.55. The molecule has 130 valence electrons. The standard InChI is InChI=1S/C20H27NO3/c1-24-17-4-2-3-16(8-17)18(22)12-21-19(23)20-9-13-5-14(10-20)7-15(6-13)11-20/h2-4,8,13-15,18,22H,5-7,9-12H2,1H3,(H,21,23). The number of benzene rings is 1. The number of rotatable bonds is 5. The number of carbonyl (C=O) groups is 1. The summed E-state index contributed by atoms with van der Waals surface area (Å²) in [6.45, 7) is 0.272. The van der Waals surface area contributed by atoms with E-state index in [1.54, 1.807) is 7.11 Å². The van der Waals surface area contributed by atoms with Gasteiger partial charge in [0.1, 0.15) is 5.75 Å². The molecule has 24 heavy (non-hydrogen) atoms. The van der Waals surface area contributed by atoms with Crippen molar-refractivity contribution < 1.29 is 14.6 Å². The van der Waals surface area contributed by atoms with Gasteiger partial charge in [0.15, 0.2) is 0 Å². The second-order valence-corrected chi connectivity index (χ2v) is 8.20. The van der Waals surface area contributed by atoms with Crippen molar-refractivity contribution in [3.8, 4) is 5.75 Å². The highest BCUT2D eigenvalue weighted by molar-refractivity contribution is 5.83. The van der Waals surface area contributed by atoms with E-state index in [4.69, 9.17) is 4.74 Å². The minimum absolute atomic E-state index is 0.150. The van der Waals surface area contributed by atoms with Crippen LogP contribution in [-0.4, -0.2) is 24.7 Å². The molecule has 4 aliphatic rings. The smallest absolute Gasteiger partial charge is 0.226 e. The summed E-state index contributed by atoms with van der Waals surface area (Å²) in [6, 6.07) is 7.40. The van der Waals surface area contributed by atoms with Crippen LogP contribution in [0.25, 0.3) is 0 Å². The summed E-state index contributed by atoms with van der Waals surface area (Å²) >= 11 is 0. The first-order chi connectivity index (χ1) is 11.6. The van der Waals surface area contributed by atoms with Gasteiger partial charge in [-0.05, 0) is 74.0 Å². The predicted molar refractivity (Wildman–Crippen MR) is 91.6 cm³/mol. The summed E-state index contributed by atoms with van der Waals surface area (Å²) in [4.78, 5) is 12.9. The van der Waals surface area contributed by atoms with Crippen LogP contribution in [0.1, 0.15) is 50.2 Å². The van der Waals surface area contributed by atoms with Gasteiger partial charge in [-0.2, -0.15) is 0 Å². The summed E-state index contributed by atoms with van der Waals surface area (Å²) in [5.74, 6) is 3.16. The van der Waals surface area contributed by atoms with E-state index in [-0.39, 0.29) is 17.9 Å². The highest BCUT2D eigenvalue weighted by atomic mass is 16.5. The second kappa shape index (κ2) is 6.07. The second-order valence-electron chi connectivity index (χ2n) is 8.20. The Balaban J connectivity index is 1.39. The van der Waals surface area contributed by atoms with E-state index in [1.807, 2.05) is 24.3 Å². The molecular weight excluding hydrogens is 302 g/mol. The fourth-order valence-corrected chi connectivity index (χ4v) is 5.73. The number of carbonyl (C=O) groups excluding carboxylic acids is 1. The highest BCUT2D eigenvalue weighted by Crippen LogP contribution is 2.60. The molecule has 0 aliphatic heterocycles. The summed E-state index contributed by atoms with van der Waals surface area (Å²) in [5, 5.41) is 13.4. The van der Waals surface area contributed by atoms with E-state index in [9.17, 15) is 9.90 Å². The largest absolute Gasteiger partial charge is 0.497 e. The molecule has 0 radical (unpaired) electrons. The maximum Gasteiger partial charge on any atom is 0.226 e. The van der Waals surface area contributed by atoms with Gasteiger partial charge in [0, 0.05) is 12.0 Å². The van der Waals surface area contributed by atoms with Crippen molar-refractivity contribution in [2.24, 2.45) is 23.2 Å². The van der Waals surface area contributed by atoms with Gasteiger partial charge in [-0.1, -0.05) is 12.1 Å². The van der Waals surface area contributed by atoms with Crippen molar-refractivity contribution in [1.82, 2.24) is 5.32 Å². The average molecular weight is 329 g/mol. The molecule has 4 heteroatoms. The first-order valence-corrected chi connectivity index (χ1v) is 9.18. The van der Waals surface area contributed by atoms with Gasteiger partial charge in [0.2, 0.25) is 5.91 Å². The quantitative estimate of drug-likeness (QED) is 0.873. The van der Waals surface area contributed by atoms with Gasteiger partial charge >= 0.3 is 0 Å². The maximum absolute atomic E-state index is 12.9. The van der Waals surface area contributed by atoms with Crippen LogP contribution >= 0.6 is 0 Å². The van der Waals surface area contributed by atoms with Crippen LogP contribution in [0.2, 0.25) is 0 Å². The summed E-state index contributed by atoms with van der Waals surface area (Å²) in [5.41, 5.74) is 0.628. The van der Waals surface area contributed by atoms with Gasteiger partial charge in [0.05, 0.1) is 13.2 Å². The molecule has 4 bridgehead atoms. The highest BCUT2D eigenvalue weighted by Gasteiger charge is 2.54. The Labute approximate surface area is 143 Å². The third-order valence-corrected chi connectivity index (χ3v) is 6.45. The van der Waals surface area contributed by atoms with Crippen molar-refractivity contribution in [1.29, 1.82) is 0 Å². The molecule has 2 N–H and O–H groups in total. The number of amides is 1. The van der Waals surface area contributed by atoms with Crippen LogP contribution in [0, 0.1) is 23.2 Å². The molecule has 1 atom stereocenters. The predicted octanol–water partition coefficient (Wildman–Crippen LogP) is 3.06. The average Bonchev–Trinajstić information content (AvgIpc) is 2.58. The molecule has 0 spiro atoms. The molecule has 5 rings (SSSR count). The van der Waals surface area contributed by atoms with Crippen molar-refractivity contribution in [2.75, 3.05) is 13.7 Å². The first-order valence-electron chi connectivity index (χ1n) is 9.18. The number of ether oxygens (including phenoxy) is 1. The van der Waals surface area contributed by atoms with E-state index in [0.29, 0.717) is 0 Å². The number of aliphatic hydroxyl groups is 1. The van der Waals surface area contributed by atoms with Crippen LogP contribution in [0.15, 0.2) is 24.3 Å². The molecule has 1 amide bonds. The van der Waals surface area contributed by atoms with Gasteiger partial charge in [-0.25, -0.2) is 0 Å². The topological polar surface area (TPSA) is 58.6 Å². The molecular formula is C20H27NO3. The van der Waals surface area contributed by atoms with Crippen molar-refractivity contribution in [3.05, 3.63) is 29.8 Å². The van der Waals surface area contributed by atoms with E-state index in [0.717, 1.165) is 48.3 Å². The molecule has 4 fully saturated rings. The number of hydrogen-bond donors (Lipinski definition) is 2. The SMILES string of the molecule is COc1cccc(C(O)CNC(=O)C23CC4CC(CC(C4)C2)C3)c1. The molecule has 0 heterocycles. The maximum atomic E-state index is 12.9. The fourth-order valence-electron chi connectivity index (χ4n) is 5.73. The third-order valence-electron chi connectivity index (χ3n) is 6.45. The number of nitrogens with one attached hydrogen (secondary N) is 1. The summed E-state index contributed by atoms with van der Waals surface area (Å²) < 4.78 is 5.20. The Bertz CT molecular complexity index is 592. The molecule has 4 aliphatic carbocycles. The zero-order chi connectivity index (χ0) is 16.7. The Morgan fingerprint density at radius 1 is 1.25 bits per heavy atom. The lowest BCUT2D eigenvalue weighted by Crippen LogP contribution is -2.54. The minimum atomic E-state index is -0.696. The lowest BCUT2D eigenvalue weighted by atomic mass is 9.49. The Morgan fingerprint density at radius 2 is 1.88 bits per heavy atom. The number of aliphatic hydroxyl groups excluding tert-OH is 1. The first kappa shape index (κ1) is 15.9. The normalized spacial score (nSPS) is 34.8. The van der Waals surface area contributed by atoms with Crippen LogP contribution in [0.5, 0.6) is 5.75 Å². The van der Waals surface area contributed by atoms with E-state index in [2.05, 4.69) is 5.32 Å². The fraction of sp³-hybridized carbons (Fsp3) is 0.650. The summed E-state index contributed by atoms with van der Waals surface area (Å²) in [6.07, 6.45) is 6.47. The third kappa shape index (κ3) is 2.81. The molecule has 1 aromatic rings. The van der Waals surface area contributed by atoms with Crippen molar-refractivity contribution >= 4 is 5.91 Å². The summed E-state index contributed by atoms with van der Waals surface area (Å²) in [7, 11) is 1.61.